The zero-order chi connectivity index (χ0) is 10.4. The van der Waals surface area contributed by atoms with Gasteiger partial charge in [0.05, 0.1) is 25.7 Å². The van der Waals surface area contributed by atoms with Crippen LogP contribution in [0.15, 0.2) is 0 Å². The molecule has 0 bridgehead atoms. The molecule has 0 rings (SSSR count). The maximum atomic E-state index is 9.05. The number of aliphatic hydroxyl groups is 1. The summed E-state index contributed by atoms with van der Waals surface area (Å²) in [6, 6.07) is 0. The van der Waals surface area contributed by atoms with E-state index in [2.05, 4.69) is 6.92 Å². The van der Waals surface area contributed by atoms with Gasteiger partial charge < -0.3 is 24.9 Å². The van der Waals surface area contributed by atoms with E-state index in [0.29, 0.717) is 4.48 Å². The molecule has 0 fully saturated rings. The van der Waals surface area contributed by atoms with Crippen molar-refractivity contribution >= 4 is 0 Å². The Balaban J connectivity index is 0. The molecule has 1 unspecified atom stereocenters. The highest BCUT2D eigenvalue weighted by Crippen LogP contribution is 2.00. The van der Waals surface area contributed by atoms with Crippen LogP contribution in [0.1, 0.15) is 13.8 Å². The van der Waals surface area contributed by atoms with Gasteiger partial charge in [-0.05, 0) is 6.92 Å². The molecule has 0 aromatic carbocycles. The monoisotopic (exact) mass is 180 g/mol. The predicted octanol–water partition coefficient (Wildman–Crippen LogP) is 0.182. The SMILES string of the molecule is CC[N+](C)(C)C(C)O.O=[N+]([O-])[O-]. The van der Waals surface area contributed by atoms with Crippen molar-refractivity contribution in [2.24, 2.45) is 0 Å². The van der Waals surface area contributed by atoms with Crippen LogP contribution >= 0.6 is 0 Å². The molecule has 0 heterocycles. The normalized spacial score (nSPS) is 12.8. The van der Waals surface area contributed by atoms with Gasteiger partial charge in [-0.3, -0.25) is 0 Å². The molecule has 0 radical (unpaired) electrons. The Kier molecular flexibility index (Phi) is 6.54. The van der Waals surface area contributed by atoms with E-state index in [1.165, 1.54) is 0 Å². The molecule has 0 saturated heterocycles. The first-order valence-corrected chi connectivity index (χ1v) is 3.56. The lowest BCUT2D eigenvalue weighted by Gasteiger charge is -2.30. The van der Waals surface area contributed by atoms with E-state index in [0.717, 1.165) is 6.54 Å². The number of rotatable bonds is 2. The molecular formula is C6H16N2O4. The molecule has 0 saturated carbocycles. The molecule has 0 aliphatic heterocycles. The summed E-state index contributed by atoms with van der Waals surface area (Å²) in [5.74, 6) is 0. The summed E-state index contributed by atoms with van der Waals surface area (Å²) in [7, 11) is 4.01. The molecule has 0 amide bonds. The van der Waals surface area contributed by atoms with E-state index in [-0.39, 0.29) is 6.23 Å². The van der Waals surface area contributed by atoms with E-state index in [9.17, 15) is 0 Å². The van der Waals surface area contributed by atoms with Gasteiger partial charge in [0.25, 0.3) is 0 Å². The van der Waals surface area contributed by atoms with Gasteiger partial charge in [0, 0.05) is 6.92 Å². The summed E-state index contributed by atoms with van der Waals surface area (Å²) in [4.78, 5) is 8.25. The van der Waals surface area contributed by atoms with Crippen molar-refractivity contribution in [3.05, 3.63) is 15.3 Å². The summed E-state index contributed by atoms with van der Waals surface area (Å²) in [6.07, 6.45) is -0.250. The molecule has 0 aromatic heterocycles. The lowest BCUT2D eigenvalue weighted by Crippen LogP contribution is -2.46. The Hall–Kier alpha value is -0.880. The molecule has 6 heteroatoms. The van der Waals surface area contributed by atoms with Crippen LogP contribution in [0.2, 0.25) is 0 Å². The summed E-state index contributed by atoms with van der Waals surface area (Å²) < 4.78 is 0.681. The minimum absolute atomic E-state index is 0.250. The maximum absolute atomic E-state index is 9.05. The lowest BCUT2D eigenvalue weighted by molar-refractivity contribution is -0.932. The molecular weight excluding hydrogens is 164 g/mol. The number of quaternary nitrogens is 1. The minimum atomic E-state index is -1.75. The van der Waals surface area contributed by atoms with Crippen molar-refractivity contribution in [1.82, 2.24) is 0 Å². The molecule has 0 aromatic rings. The van der Waals surface area contributed by atoms with Gasteiger partial charge in [-0.2, -0.15) is 0 Å². The van der Waals surface area contributed by atoms with Crippen LogP contribution in [0, 0.1) is 15.3 Å². The van der Waals surface area contributed by atoms with Crippen molar-refractivity contribution in [2.75, 3.05) is 20.6 Å². The largest absolute Gasteiger partial charge is 0.356 e. The third-order valence-corrected chi connectivity index (χ3v) is 1.83. The van der Waals surface area contributed by atoms with E-state index >= 15 is 0 Å². The van der Waals surface area contributed by atoms with E-state index in [4.69, 9.17) is 20.4 Å². The lowest BCUT2D eigenvalue weighted by atomic mass is 10.4. The molecule has 0 spiro atoms. The third-order valence-electron chi connectivity index (χ3n) is 1.83. The van der Waals surface area contributed by atoms with Gasteiger partial charge in [-0.15, -0.1) is 0 Å². The van der Waals surface area contributed by atoms with Crippen LogP contribution < -0.4 is 0 Å². The smallest absolute Gasteiger partial charge is 0.187 e. The van der Waals surface area contributed by atoms with Crippen molar-refractivity contribution < 1.29 is 14.7 Å². The highest BCUT2D eigenvalue weighted by Gasteiger charge is 2.17. The fourth-order valence-corrected chi connectivity index (χ4v) is 0.264. The van der Waals surface area contributed by atoms with Gasteiger partial charge in [0.15, 0.2) is 6.23 Å². The summed E-state index contributed by atoms with van der Waals surface area (Å²) >= 11 is 0. The Morgan fingerprint density at radius 2 is 1.75 bits per heavy atom. The van der Waals surface area contributed by atoms with Crippen molar-refractivity contribution in [3.8, 4) is 0 Å². The van der Waals surface area contributed by atoms with Gasteiger partial charge in [-0.1, -0.05) is 0 Å². The third kappa shape index (κ3) is 9.12. The van der Waals surface area contributed by atoms with Crippen LogP contribution in [0.5, 0.6) is 0 Å². The number of nitrogens with zero attached hydrogens (tertiary/aromatic N) is 2. The average Bonchev–Trinajstić information content (AvgIpc) is 1.86. The first kappa shape index (κ1) is 13.7. The highest BCUT2D eigenvalue weighted by molar-refractivity contribution is 4.25. The molecule has 74 valence electrons. The van der Waals surface area contributed by atoms with E-state index in [1.807, 2.05) is 21.0 Å². The summed E-state index contributed by atoms with van der Waals surface area (Å²) in [6.45, 7) is 4.84. The van der Waals surface area contributed by atoms with Gasteiger partial charge >= 0.3 is 0 Å². The first-order chi connectivity index (χ1) is 5.24. The minimum Gasteiger partial charge on any atom is -0.356 e. The number of aliphatic hydroxyl groups excluding tert-OH is 1. The Morgan fingerprint density at radius 3 is 1.75 bits per heavy atom. The second kappa shape index (κ2) is 5.73. The topological polar surface area (TPSA) is 86.4 Å². The Labute approximate surface area is 71.7 Å². The van der Waals surface area contributed by atoms with Crippen LogP contribution in [-0.2, 0) is 0 Å². The fourth-order valence-electron chi connectivity index (χ4n) is 0.264. The Morgan fingerprint density at radius 1 is 1.50 bits per heavy atom. The molecule has 6 nitrogen and oxygen atoms in total. The number of hydrogen-bond donors (Lipinski definition) is 1. The summed E-state index contributed by atoms with van der Waals surface area (Å²) in [5.41, 5.74) is 0. The zero-order valence-electron chi connectivity index (χ0n) is 7.85. The van der Waals surface area contributed by atoms with Gasteiger partial charge in [0.2, 0.25) is 0 Å². The van der Waals surface area contributed by atoms with Crippen molar-refractivity contribution in [1.29, 1.82) is 0 Å². The van der Waals surface area contributed by atoms with Crippen LogP contribution in [0.3, 0.4) is 0 Å². The quantitative estimate of drug-likeness (QED) is 0.284. The molecule has 12 heavy (non-hydrogen) atoms. The molecule has 0 aliphatic rings. The average molecular weight is 180 g/mol. The van der Waals surface area contributed by atoms with Crippen LogP contribution in [0.4, 0.5) is 0 Å². The second-order valence-electron chi connectivity index (χ2n) is 2.95. The van der Waals surface area contributed by atoms with E-state index in [1.54, 1.807) is 0 Å². The number of hydrogen-bond acceptors (Lipinski definition) is 4. The summed E-state index contributed by atoms with van der Waals surface area (Å²) in [5, 5.41) is 23.8. The van der Waals surface area contributed by atoms with Gasteiger partial charge in [-0.25, -0.2) is 0 Å². The van der Waals surface area contributed by atoms with Crippen LogP contribution in [-0.4, -0.2) is 41.5 Å². The van der Waals surface area contributed by atoms with Crippen LogP contribution in [0.25, 0.3) is 0 Å². The van der Waals surface area contributed by atoms with Crippen molar-refractivity contribution in [3.63, 3.8) is 0 Å². The molecule has 1 N–H and O–H groups in total. The van der Waals surface area contributed by atoms with Gasteiger partial charge in [0.1, 0.15) is 0 Å². The second-order valence-corrected chi connectivity index (χ2v) is 2.95. The predicted molar refractivity (Wildman–Crippen MR) is 44.7 cm³/mol. The Bertz CT molecular complexity index is 132. The van der Waals surface area contributed by atoms with E-state index < -0.39 is 5.09 Å². The first-order valence-electron chi connectivity index (χ1n) is 3.56. The zero-order valence-corrected chi connectivity index (χ0v) is 7.85. The molecule has 1 atom stereocenters. The standard InChI is InChI=1S/C6H16NO.NO3/c1-5-7(3,4)6(2)8;2-1(3)4/h6,8H,5H2,1-4H3;/q+1;-1. The highest BCUT2D eigenvalue weighted by atomic mass is 16.9. The molecule has 0 aliphatic carbocycles. The van der Waals surface area contributed by atoms with Crippen molar-refractivity contribution in [2.45, 2.75) is 20.1 Å². The maximum Gasteiger partial charge on any atom is 0.187 e. The fraction of sp³-hybridized carbons (Fsp3) is 1.00.